The van der Waals surface area contributed by atoms with Crippen molar-refractivity contribution in [2.75, 3.05) is 18.5 Å². The van der Waals surface area contributed by atoms with Crippen molar-refractivity contribution < 1.29 is 14.3 Å². The second-order valence-corrected chi connectivity index (χ2v) is 5.04. The average Bonchev–Trinajstić information content (AvgIpc) is 3.08. The molecule has 3 N–H and O–H groups in total. The molecule has 0 aliphatic carbocycles. The Morgan fingerprint density at radius 2 is 2.33 bits per heavy atom. The standard InChI is InChI=1S/C13H16N4O3S/c1-2-20-13(19)9-3-6-21-12(9)16-11(18)10-7-17(5-4-14)8-15-10/h3,6-8H,2,4-5,14H2,1H3,(H,16,18). The van der Waals surface area contributed by atoms with Gasteiger partial charge in [0.05, 0.1) is 18.5 Å². The molecule has 0 aliphatic rings. The Hall–Kier alpha value is -2.19. The zero-order valence-electron chi connectivity index (χ0n) is 11.5. The van der Waals surface area contributed by atoms with Gasteiger partial charge in [-0.2, -0.15) is 0 Å². The first-order chi connectivity index (χ1) is 10.2. The molecule has 0 spiro atoms. The molecule has 2 aromatic rings. The lowest BCUT2D eigenvalue weighted by Crippen LogP contribution is -2.14. The van der Waals surface area contributed by atoms with Gasteiger partial charge in [0, 0.05) is 19.3 Å². The summed E-state index contributed by atoms with van der Waals surface area (Å²) in [5.41, 5.74) is 6.05. The third kappa shape index (κ3) is 3.67. The molecule has 1 amide bonds. The molecule has 0 aliphatic heterocycles. The number of nitrogens with two attached hydrogens (primary N) is 1. The predicted octanol–water partition coefficient (Wildman–Crippen LogP) is 1.33. The van der Waals surface area contributed by atoms with Gasteiger partial charge in [0.1, 0.15) is 10.7 Å². The van der Waals surface area contributed by atoms with Crippen LogP contribution in [-0.2, 0) is 11.3 Å². The van der Waals surface area contributed by atoms with Crippen LogP contribution in [0.15, 0.2) is 24.0 Å². The van der Waals surface area contributed by atoms with Crippen molar-refractivity contribution in [3.63, 3.8) is 0 Å². The van der Waals surface area contributed by atoms with E-state index in [1.54, 1.807) is 35.5 Å². The van der Waals surface area contributed by atoms with Gasteiger partial charge >= 0.3 is 5.97 Å². The number of aromatic nitrogens is 2. The Kier molecular flexibility index (Phi) is 5.07. The summed E-state index contributed by atoms with van der Waals surface area (Å²) >= 11 is 1.26. The van der Waals surface area contributed by atoms with E-state index in [1.807, 2.05) is 0 Å². The zero-order valence-corrected chi connectivity index (χ0v) is 12.4. The molecule has 0 radical (unpaired) electrons. The Bertz CT molecular complexity index is 635. The molecule has 0 atom stereocenters. The SMILES string of the molecule is CCOC(=O)c1ccsc1NC(=O)c1cn(CCN)cn1. The topological polar surface area (TPSA) is 99.2 Å². The molecule has 2 heterocycles. The fourth-order valence-corrected chi connectivity index (χ4v) is 2.46. The maximum atomic E-state index is 12.1. The Labute approximate surface area is 125 Å². The van der Waals surface area contributed by atoms with E-state index >= 15 is 0 Å². The van der Waals surface area contributed by atoms with E-state index in [2.05, 4.69) is 10.3 Å². The van der Waals surface area contributed by atoms with Gasteiger partial charge in [-0.25, -0.2) is 9.78 Å². The number of thiophene rings is 1. The molecule has 0 fully saturated rings. The highest BCUT2D eigenvalue weighted by Crippen LogP contribution is 2.24. The quantitative estimate of drug-likeness (QED) is 0.784. The maximum absolute atomic E-state index is 12.1. The number of imidazole rings is 1. The number of hydrogen-bond donors (Lipinski definition) is 2. The molecular weight excluding hydrogens is 292 g/mol. The minimum Gasteiger partial charge on any atom is -0.462 e. The average molecular weight is 308 g/mol. The second kappa shape index (κ2) is 7.00. The van der Waals surface area contributed by atoms with Crippen molar-refractivity contribution >= 4 is 28.2 Å². The largest absolute Gasteiger partial charge is 0.462 e. The summed E-state index contributed by atoms with van der Waals surface area (Å²) in [5.74, 6) is -0.832. The third-order valence-electron chi connectivity index (χ3n) is 2.64. The first-order valence-corrected chi connectivity index (χ1v) is 7.31. The molecule has 8 heteroatoms. The number of rotatable bonds is 6. The number of amides is 1. The van der Waals surface area contributed by atoms with E-state index in [0.29, 0.717) is 23.7 Å². The number of esters is 1. The van der Waals surface area contributed by atoms with E-state index in [0.717, 1.165) is 0 Å². The summed E-state index contributed by atoms with van der Waals surface area (Å²) in [4.78, 5) is 27.8. The number of hydrogen-bond acceptors (Lipinski definition) is 6. The van der Waals surface area contributed by atoms with Crippen molar-refractivity contribution in [2.45, 2.75) is 13.5 Å². The number of carbonyl (C=O) groups is 2. The summed E-state index contributed by atoms with van der Waals surface area (Å²) in [5, 5.41) is 4.84. The van der Waals surface area contributed by atoms with Gasteiger partial charge in [0.2, 0.25) is 0 Å². The molecule has 0 bridgehead atoms. The van der Waals surface area contributed by atoms with Gasteiger partial charge in [0.25, 0.3) is 5.91 Å². The second-order valence-electron chi connectivity index (χ2n) is 4.12. The van der Waals surface area contributed by atoms with Crippen LogP contribution >= 0.6 is 11.3 Å². The third-order valence-corrected chi connectivity index (χ3v) is 3.47. The Morgan fingerprint density at radius 1 is 1.52 bits per heavy atom. The molecule has 2 rings (SSSR count). The van der Waals surface area contributed by atoms with E-state index in [4.69, 9.17) is 10.5 Å². The fraction of sp³-hybridized carbons (Fsp3) is 0.308. The number of carbonyl (C=O) groups excluding carboxylic acids is 2. The number of nitrogens with one attached hydrogen (secondary N) is 1. The zero-order chi connectivity index (χ0) is 15.2. The van der Waals surface area contributed by atoms with Crippen LogP contribution < -0.4 is 11.1 Å². The smallest absolute Gasteiger partial charge is 0.341 e. The van der Waals surface area contributed by atoms with E-state index in [-0.39, 0.29) is 18.2 Å². The Morgan fingerprint density at radius 3 is 3.05 bits per heavy atom. The lowest BCUT2D eigenvalue weighted by atomic mass is 10.3. The summed E-state index contributed by atoms with van der Waals surface area (Å²) < 4.78 is 6.66. The van der Waals surface area contributed by atoms with Crippen LogP contribution in [0.2, 0.25) is 0 Å². The van der Waals surface area contributed by atoms with Crippen LogP contribution in [0.1, 0.15) is 27.8 Å². The van der Waals surface area contributed by atoms with Crippen molar-refractivity contribution in [1.82, 2.24) is 9.55 Å². The first kappa shape index (κ1) is 15.2. The molecule has 2 aromatic heterocycles. The minimum atomic E-state index is -0.456. The van der Waals surface area contributed by atoms with E-state index in [1.165, 1.54) is 11.3 Å². The summed E-state index contributed by atoms with van der Waals surface area (Å²) in [7, 11) is 0. The van der Waals surface area contributed by atoms with Gasteiger partial charge < -0.3 is 20.4 Å². The number of anilines is 1. The number of ether oxygens (including phenoxy) is 1. The van der Waals surface area contributed by atoms with E-state index < -0.39 is 5.97 Å². The minimum absolute atomic E-state index is 0.270. The van der Waals surface area contributed by atoms with Gasteiger partial charge in [0.15, 0.2) is 0 Å². The monoisotopic (exact) mass is 308 g/mol. The van der Waals surface area contributed by atoms with Crippen LogP contribution in [0.3, 0.4) is 0 Å². The fourth-order valence-electron chi connectivity index (χ4n) is 1.69. The number of nitrogens with zero attached hydrogens (tertiary/aromatic N) is 2. The van der Waals surface area contributed by atoms with Crippen LogP contribution in [0.25, 0.3) is 0 Å². The molecule has 0 aromatic carbocycles. The summed E-state index contributed by atoms with van der Waals surface area (Å²) in [6, 6.07) is 1.62. The highest BCUT2D eigenvalue weighted by molar-refractivity contribution is 7.14. The predicted molar refractivity (Wildman–Crippen MR) is 79.5 cm³/mol. The van der Waals surface area contributed by atoms with Crippen LogP contribution in [0.5, 0.6) is 0 Å². The van der Waals surface area contributed by atoms with Gasteiger partial charge in [-0.15, -0.1) is 11.3 Å². The van der Waals surface area contributed by atoms with Crippen LogP contribution in [0.4, 0.5) is 5.00 Å². The molecule has 0 saturated heterocycles. The molecule has 0 unspecified atom stereocenters. The summed E-state index contributed by atoms with van der Waals surface area (Å²) in [6.45, 7) is 3.07. The highest BCUT2D eigenvalue weighted by atomic mass is 32.1. The Balaban J connectivity index is 2.09. The molecule has 21 heavy (non-hydrogen) atoms. The van der Waals surface area contributed by atoms with Crippen molar-refractivity contribution in [3.05, 3.63) is 35.2 Å². The molecule has 112 valence electrons. The lowest BCUT2D eigenvalue weighted by molar-refractivity contribution is 0.0528. The van der Waals surface area contributed by atoms with Crippen molar-refractivity contribution in [1.29, 1.82) is 0 Å². The molecule has 7 nitrogen and oxygen atoms in total. The molecular formula is C13H16N4O3S. The van der Waals surface area contributed by atoms with Crippen molar-refractivity contribution in [3.8, 4) is 0 Å². The van der Waals surface area contributed by atoms with Gasteiger partial charge in [-0.05, 0) is 18.4 Å². The summed E-state index contributed by atoms with van der Waals surface area (Å²) in [6.07, 6.45) is 3.16. The molecule has 0 saturated carbocycles. The van der Waals surface area contributed by atoms with E-state index in [9.17, 15) is 9.59 Å². The normalized spacial score (nSPS) is 10.4. The van der Waals surface area contributed by atoms with Crippen LogP contribution in [0, 0.1) is 0 Å². The first-order valence-electron chi connectivity index (χ1n) is 6.43. The maximum Gasteiger partial charge on any atom is 0.341 e. The van der Waals surface area contributed by atoms with Crippen molar-refractivity contribution in [2.24, 2.45) is 5.73 Å². The van der Waals surface area contributed by atoms with Gasteiger partial charge in [-0.3, -0.25) is 4.79 Å². The van der Waals surface area contributed by atoms with Gasteiger partial charge in [-0.1, -0.05) is 0 Å². The highest BCUT2D eigenvalue weighted by Gasteiger charge is 2.17. The lowest BCUT2D eigenvalue weighted by Gasteiger charge is -2.04. The van der Waals surface area contributed by atoms with Crippen LogP contribution in [-0.4, -0.2) is 34.6 Å².